The average Bonchev–Trinajstić information content (AvgIpc) is 2.95. The SMILES string of the molecule is CN=C(NCCCCN1CCC(C(N)=O)CC1)NCc1sc(C)nc1C.I. The van der Waals surface area contributed by atoms with E-state index in [1.807, 2.05) is 13.8 Å². The number of halogens is 1. The summed E-state index contributed by atoms with van der Waals surface area (Å²) in [4.78, 5) is 23.6. The number of aryl methyl sites for hydroxylation is 2. The molecule has 1 amide bonds. The lowest BCUT2D eigenvalue weighted by Crippen LogP contribution is -2.39. The van der Waals surface area contributed by atoms with E-state index in [4.69, 9.17) is 5.73 Å². The maximum atomic E-state index is 11.2. The van der Waals surface area contributed by atoms with Gasteiger partial charge in [-0.05, 0) is 59.2 Å². The van der Waals surface area contributed by atoms with E-state index < -0.39 is 0 Å². The predicted molar refractivity (Wildman–Crippen MR) is 123 cm³/mol. The summed E-state index contributed by atoms with van der Waals surface area (Å²) >= 11 is 1.73. The molecule has 1 aliphatic heterocycles. The van der Waals surface area contributed by atoms with Crippen LogP contribution in [0.15, 0.2) is 4.99 Å². The minimum atomic E-state index is -0.142. The fourth-order valence-electron chi connectivity index (χ4n) is 3.23. The maximum absolute atomic E-state index is 11.2. The Morgan fingerprint density at radius 3 is 2.56 bits per heavy atom. The number of hydrogen-bond donors (Lipinski definition) is 3. The van der Waals surface area contributed by atoms with E-state index in [-0.39, 0.29) is 35.8 Å². The van der Waals surface area contributed by atoms with Crippen LogP contribution < -0.4 is 16.4 Å². The van der Waals surface area contributed by atoms with E-state index in [1.165, 1.54) is 4.88 Å². The Bertz CT molecular complexity index is 613. The molecule has 2 rings (SSSR count). The number of carbonyl (C=O) groups is 1. The van der Waals surface area contributed by atoms with Crippen LogP contribution >= 0.6 is 35.3 Å². The number of hydrogen-bond acceptors (Lipinski definition) is 5. The van der Waals surface area contributed by atoms with Crippen LogP contribution in [0.25, 0.3) is 0 Å². The Labute approximate surface area is 183 Å². The minimum Gasteiger partial charge on any atom is -0.369 e. The van der Waals surface area contributed by atoms with Gasteiger partial charge in [0.2, 0.25) is 5.91 Å². The molecular weight excluding hydrogens is 475 g/mol. The van der Waals surface area contributed by atoms with Crippen LogP contribution in [0.4, 0.5) is 0 Å². The molecule has 0 radical (unpaired) electrons. The monoisotopic (exact) mass is 508 g/mol. The molecule has 0 saturated carbocycles. The molecule has 0 atom stereocenters. The molecule has 27 heavy (non-hydrogen) atoms. The lowest BCUT2D eigenvalue weighted by molar-refractivity contribution is -0.123. The lowest BCUT2D eigenvalue weighted by Gasteiger charge is -2.30. The standard InChI is InChI=1S/C18H32N6OS.HI/c1-13-16(26-14(2)23-13)12-22-18(20-3)21-8-4-5-9-24-10-6-15(7-11-24)17(19)25;/h15H,4-12H2,1-3H3,(H2,19,25)(H2,20,21,22);1H. The summed E-state index contributed by atoms with van der Waals surface area (Å²) < 4.78 is 0. The number of thiazole rings is 1. The first-order valence-electron chi connectivity index (χ1n) is 9.38. The zero-order chi connectivity index (χ0) is 18.9. The van der Waals surface area contributed by atoms with Gasteiger partial charge in [0.1, 0.15) is 0 Å². The van der Waals surface area contributed by atoms with E-state index in [0.717, 1.165) is 75.1 Å². The molecule has 0 spiro atoms. The zero-order valence-electron chi connectivity index (χ0n) is 16.6. The Kier molecular flexibility index (Phi) is 11.2. The summed E-state index contributed by atoms with van der Waals surface area (Å²) in [5, 5.41) is 7.82. The van der Waals surface area contributed by atoms with Crippen molar-refractivity contribution in [2.45, 2.75) is 46.1 Å². The van der Waals surface area contributed by atoms with Crippen LogP contribution in [0.1, 0.15) is 41.3 Å². The van der Waals surface area contributed by atoms with Gasteiger partial charge in [0.15, 0.2) is 5.96 Å². The number of aromatic nitrogens is 1. The number of nitrogens with zero attached hydrogens (tertiary/aromatic N) is 3. The van der Waals surface area contributed by atoms with Crippen LogP contribution in [-0.4, -0.2) is 55.0 Å². The molecule has 154 valence electrons. The Hall–Kier alpha value is -0.940. The van der Waals surface area contributed by atoms with Crippen LogP contribution in [-0.2, 0) is 11.3 Å². The highest BCUT2D eigenvalue weighted by molar-refractivity contribution is 14.0. The van der Waals surface area contributed by atoms with Gasteiger partial charge >= 0.3 is 0 Å². The lowest BCUT2D eigenvalue weighted by atomic mass is 9.96. The smallest absolute Gasteiger partial charge is 0.220 e. The topological polar surface area (TPSA) is 95.6 Å². The van der Waals surface area contributed by atoms with Crippen molar-refractivity contribution in [2.75, 3.05) is 33.2 Å². The van der Waals surface area contributed by atoms with Gasteiger partial charge in [0.25, 0.3) is 0 Å². The summed E-state index contributed by atoms with van der Waals surface area (Å²) in [6.07, 6.45) is 4.04. The first-order chi connectivity index (χ1) is 12.5. The molecule has 0 bridgehead atoms. The van der Waals surface area contributed by atoms with Crippen molar-refractivity contribution < 1.29 is 4.79 Å². The quantitative estimate of drug-likeness (QED) is 0.216. The van der Waals surface area contributed by atoms with Crippen LogP contribution in [0.3, 0.4) is 0 Å². The van der Waals surface area contributed by atoms with Crippen molar-refractivity contribution in [1.82, 2.24) is 20.5 Å². The second-order valence-electron chi connectivity index (χ2n) is 6.82. The first-order valence-corrected chi connectivity index (χ1v) is 10.2. The average molecular weight is 508 g/mol. The maximum Gasteiger partial charge on any atom is 0.220 e. The van der Waals surface area contributed by atoms with E-state index in [9.17, 15) is 4.79 Å². The molecule has 9 heteroatoms. The van der Waals surface area contributed by atoms with Gasteiger partial charge in [0.05, 0.1) is 17.2 Å². The number of nitrogens with two attached hydrogens (primary N) is 1. The van der Waals surface area contributed by atoms with Gasteiger partial charge in [0, 0.05) is 24.4 Å². The van der Waals surface area contributed by atoms with Gasteiger partial charge in [-0.1, -0.05) is 0 Å². The minimum absolute atomic E-state index is 0. The number of rotatable bonds is 8. The fourth-order valence-corrected chi connectivity index (χ4v) is 4.11. The molecule has 0 aliphatic carbocycles. The van der Waals surface area contributed by atoms with Crippen molar-refractivity contribution in [1.29, 1.82) is 0 Å². The number of carbonyl (C=O) groups excluding carboxylic acids is 1. The fraction of sp³-hybridized carbons (Fsp3) is 0.722. The van der Waals surface area contributed by atoms with Crippen molar-refractivity contribution in [3.8, 4) is 0 Å². The third-order valence-corrected chi connectivity index (χ3v) is 5.90. The second-order valence-corrected chi connectivity index (χ2v) is 8.11. The highest BCUT2D eigenvalue weighted by Gasteiger charge is 2.22. The summed E-state index contributed by atoms with van der Waals surface area (Å²) in [6.45, 7) is 8.78. The third-order valence-electron chi connectivity index (χ3n) is 4.82. The molecule has 0 unspecified atom stereocenters. The van der Waals surface area contributed by atoms with E-state index in [1.54, 1.807) is 18.4 Å². The number of piperidine rings is 1. The number of guanidine groups is 1. The number of nitrogens with one attached hydrogen (secondary N) is 2. The Morgan fingerprint density at radius 1 is 1.30 bits per heavy atom. The second kappa shape index (κ2) is 12.5. The molecule has 1 saturated heterocycles. The van der Waals surface area contributed by atoms with Crippen LogP contribution in [0.5, 0.6) is 0 Å². The summed E-state index contributed by atoms with van der Waals surface area (Å²) in [6, 6.07) is 0. The molecular formula is C18H33IN6OS. The predicted octanol–water partition coefficient (Wildman–Crippen LogP) is 2.02. The number of aliphatic imine (C=N–C) groups is 1. The largest absolute Gasteiger partial charge is 0.369 e. The normalized spacial score (nSPS) is 16.0. The van der Waals surface area contributed by atoms with Crippen molar-refractivity contribution in [3.63, 3.8) is 0 Å². The van der Waals surface area contributed by atoms with Crippen LogP contribution in [0, 0.1) is 19.8 Å². The molecule has 1 aliphatic rings. The van der Waals surface area contributed by atoms with Gasteiger partial charge in [-0.2, -0.15) is 0 Å². The first kappa shape index (κ1) is 24.1. The van der Waals surface area contributed by atoms with Gasteiger partial charge in [-0.25, -0.2) is 4.98 Å². The van der Waals surface area contributed by atoms with E-state index >= 15 is 0 Å². The molecule has 1 aromatic heterocycles. The third kappa shape index (κ3) is 8.30. The molecule has 0 aromatic carbocycles. The molecule has 4 N–H and O–H groups in total. The van der Waals surface area contributed by atoms with Gasteiger partial charge in [-0.15, -0.1) is 35.3 Å². The number of likely N-dealkylation sites (tertiary alicyclic amines) is 1. The highest BCUT2D eigenvalue weighted by atomic mass is 127. The number of amides is 1. The Morgan fingerprint density at radius 2 is 2.00 bits per heavy atom. The van der Waals surface area contributed by atoms with E-state index in [0.29, 0.717) is 0 Å². The Balaban J connectivity index is 0.00000364. The summed E-state index contributed by atoms with van der Waals surface area (Å²) in [5.74, 6) is 0.766. The van der Waals surface area contributed by atoms with Gasteiger partial charge < -0.3 is 21.3 Å². The highest BCUT2D eigenvalue weighted by Crippen LogP contribution is 2.17. The molecule has 2 heterocycles. The zero-order valence-corrected chi connectivity index (χ0v) is 19.7. The van der Waals surface area contributed by atoms with Crippen molar-refractivity contribution in [3.05, 3.63) is 15.6 Å². The molecule has 7 nitrogen and oxygen atoms in total. The van der Waals surface area contributed by atoms with Gasteiger partial charge in [-0.3, -0.25) is 9.79 Å². The van der Waals surface area contributed by atoms with Crippen molar-refractivity contribution in [2.24, 2.45) is 16.6 Å². The number of unbranched alkanes of at least 4 members (excludes halogenated alkanes) is 1. The van der Waals surface area contributed by atoms with Crippen LogP contribution in [0.2, 0.25) is 0 Å². The van der Waals surface area contributed by atoms with Crippen molar-refractivity contribution >= 4 is 47.2 Å². The summed E-state index contributed by atoms with van der Waals surface area (Å²) in [5.41, 5.74) is 6.47. The van der Waals surface area contributed by atoms with E-state index in [2.05, 4.69) is 25.5 Å². The molecule has 1 aromatic rings. The molecule has 1 fully saturated rings. The summed E-state index contributed by atoms with van der Waals surface area (Å²) in [7, 11) is 1.79. The number of primary amides is 1.